The molecule has 2 bridgehead atoms. The van der Waals surface area contributed by atoms with Gasteiger partial charge in [-0.15, -0.1) is 0 Å². The van der Waals surface area contributed by atoms with Crippen molar-refractivity contribution in [3.63, 3.8) is 0 Å². The van der Waals surface area contributed by atoms with Crippen LogP contribution < -0.4 is 9.04 Å². The Kier molecular flexibility index (Phi) is 5.61. The Balaban J connectivity index is 1.57. The zero-order valence-corrected chi connectivity index (χ0v) is 20.1. The highest BCUT2D eigenvalue weighted by molar-refractivity contribution is 7.93. The summed E-state index contributed by atoms with van der Waals surface area (Å²) >= 11 is 0. The van der Waals surface area contributed by atoms with Crippen molar-refractivity contribution in [3.8, 4) is 11.5 Å². The second kappa shape index (κ2) is 8.48. The number of methoxy groups -OCH3 is 1. The smallest absolute Gasteiger partial charge is 0.241 e. The minimum Gasteiger partial charge on any atom is -0.508 e. The number of benzene rings is 2. The van der Waals surface area contributed by atoms with Crippen molar-refractivity contribution < 1.29 is 23.0 Å². The van der Waals surface area contributed by atoms with Gasteiger partial charge in [-0.1, -0.05) is 12.1 Å². The quantitative estimate of drug-likeness (QED) is 0.556. The van der Waals surface area contributed by atoms with Gasteiger partial charge >= 0.3 is 0 Å². The number of phenols is 1. The molecule has 5 rings (SSSR count). The number of anilines is 1. The van der Waals surface area contributed by atoms with Crippen molar-refractivity contribution in [1.82, 2.24) is 9.78 Å². The summed E-state index contributed by atoms with van der Waals surface area (Å²) in [6, 6.07) is 13.8. The number of ether oxygens (including phenoxy) is 2. The summed E-state index contributed by atoms with van der Waals surface area (Å²) in [7, 11) is -0.318. The molecule has 178 valence electrons. The van der Waals surface area contributed by atoms with E-state index in [9.17, 15) is 13.5 Å². The lowest BCUT2D eigenvalue weighted by atomic mass is 9.84. The molecule has 3 atom stereocenters. The topological polar surface area (TPSA) is 93.9 Å². The molecule has 2 aromatic carbocycles. The lowest BCUT2D eigenvalue weighted by Gasteiger charge is -2.31. The molecule has 1 N–H and O–H groups in total. The third-order valence-electron chi connectivity index (χ3n) is 6.52. The summed E-state index contributed by atoms with van der Waals surface area (Å²) in [6.07, 6.45) is 3.08. The van der Waals surface area contributed by atoms with Gasteiger partial charge in [-0.05, 0) is 66.5 Å². The molecule has 0 amide bonds. The molecule has 1 fully saturated rings. The first-order valence-corrected chi connectivity index (χ1v) is 12.7. The number of nitrogens with zero attached hydrogens (tertiary/aromatic N) is 3. The predicted molar refractivity (Wildman–Crippen MR) is 130 cm³/mol. The van der Waals surface area contributed by atoms with Crippen molar-refractivity contribution in [2.24, 2.45) is 7.05 Å². The summed E-state index contributed by atoms with van der Waals surface area (Å²) in [5.74, 6) is 0.816. The molecule has 8 nitrogen and oxygen atoms in total. The van der Waals surface area contributed by atoms with Crippen molar-refractivity contribution >= 4 is 26.9 Å². The average Bonchev–Trinajstić information content (AvgIpc) is 3.55. The third kappa shape index (κ3) is 3.65. The summed E-state index contributed by atoms with van der Waals surface area (Å²) in [6.45, 7) is 2.13. The molecule has 0 saturated carbocycles. The van der Waals surface area contributed by atoms with E-state index in [4.69, 9.17) is 9.47 Å². The first-order valence-electron chi connectivity index (χ1n) is 11.2. The Labute approximate surface area is 199 Å². The number of aromatic hydroxyl groups is 1. The van der Waals surface area contributed by atoms with E-state index in [1.165, 1.54) is 4.31 Å². The molecular weight excluding hydrogens is 454 g/mol. The molecule has 0 aliphatic carbocycles. The average molecular weight is 482 g/mol. The molecule has 3 aromatic rings. The van der Waals surface area contributed by atoms with Crippen LogP contribution in [0.25, 0.3) is 11.1 Å². The first kappa shape index (κ1) is 22.5. The minimum atomic E-state index is -3.74. The minimum absolute atomic E-state index is 0.150. The van der Waals surface area contributed by atoms with Crippen LogP contribution in [0, 0.1) is 0 Å². The number of aryl methyl sites for hydroxylation is 1. The van der Waals surface area contributed by atoms with E-state index in [1.54, 1.807) is 66.5 Å². The van der Waals surface area contributed by atoms with Gasteiger partial charge in [0, 0.05) is 25.4 Å². The third-order valence-corrected chi connectivity index (χ3v) is 8.81. The maximum Gasteiger partial charge on any atom is 0.241 e. The number of sulfonamides is 1. The van der Waals surface area contributed by atoms with Crippen molar-refractivity contribution in [2.45, 2.75) is 30.8 Å². The lowest BCUT2D eigenvalue weighted by Crippen LogP contribution is -2.43. The normalized spacial score (nSPS) is 21.8. The second-order valence-electron chi connectivity index (χ2n) is 8.50. The molecule has 1 saturated heterocycles. The lowest BCUT2D eigenvalue weighted by molar-refractivity contribution is 0.128. The SMILES string of the molecule is CCN(c1ccc(OC)cc1)S(=O)(=O)C1CC2OC1C(c1ccc(O)cc1)=C2c1cnn(C)c1. The highest BCUT2D eigenvalue weighted by atomic mass is 32.2. The largest absolute Gasteiger partial charge is 0.508 e. The van der Waals surface area contributed by atoms with Gasteiger partial charge in [-0.3, -0.25) is 8.99 Å². The van der Waals surface area contributed by atoms with Gasteiger partial charge in [-0.2, -0.15) is 5.10 Å². The fourth-order valence-electron chi connectivity index (χ4n) is 4.98. The zero-order chi connectivity index (χ0) is 24.0. The van der Waals surface area contributed by atoms with Crippen LogP contribution in [0.1, 0.15) is 24.5 Å². The fourth-order valence-corrected chi connectivity index (χ4v) is 7.02. The van der Waals surface area contributed by atoms with E-state index >= 15 is 0 Å². The maximum absolute atomic E-state index is 13.9. The van der Waals surface area contributed by atoms with E-state index in [1.807, 2.05) is 20.2 Å². The van der Waals surface area contributed by atoms with Gasteiger partial charge in [0.05, 0.1) is 25.1 Å². The van der Waals surface area contributed by atoms with E-state index in [2.05, 4.69) is 5.10 Å². The van der Waals surface area contributed by atoms with Gasteiger partial charge in [0.1, 0.15) is 22.9 Å². The number of phenolic OH excluding ortho intramolecular Hbond substituents is 1. The molecule has 9 heteroatoms. The van der Waals surface area contributed by atoms with Crippen LogP contribution in [0.15, 0.2) is 60.9 Å². The Morgan fingerprint density at radius 3 is 2.41 bits per heavy atom. The molecule has 2 aliphatic heterocycles. The van der Waals surface area contributed by atoms with Crippen LogP contribution in [-0.2, 0) is 21.8 Å². The van der Waals surface area contributed by atoms with Gasteiger partial charge in [-0.25, -0.2) is 8.42 Å². The Morgan fingerprint density at radius 2 is 1.82 bits per heavy atom. The van der Waals surface area contributed by atoms with E-state index in [0.717, 1.165) is 22.3 Å². The number of aromatic nitrogens is 2. The Hall–Kier alpha value is -3.30. The molecule has 2 aliphatic rings. The molecule has 0 spiro atoms. The van der Waals surface area contributed by atoms with Crippen LogP contribution in [0.4, 0.5) is 5.69 Å². The number of rotatable bonds is 7. The molecule has 3 unspecified atom stereocenters. The first-order chi connectivity index (χ1) is 16.3. The fraction of sp³-hybridized carbons (Fsp3) is 0.320. The van der Waals surface area contributed by atoms with Crippen molar-refractivity contribution in [2.75, 3.05) is 18.0 Å². The predicted octanol–water partition coefficient (Wildman–Crippen LogP) is 3.44. The van der Waals surface area contributed by atoms with Crippen LogP contribution >= 0.6 is 0 Å². The van der Waals surface area contributed by atoms with Crippen LogP contribution in [0.3, 0.4) is 0 Å². The molecule has 0 radical (unpaired) electrons. The molecule has 34 heavy (non-hydrogen) atoms. The highest BCUT2D eigenvalue weighted by Gasteiger charge is 2.54. The molecular formula is C25H27N3O5S. The second-order valence-corrected chi connectivity index (χ2v) is 10.6. The zero-order valence-electron chi connectivity index (χ0n) is 19.2. The van der Waals surface area contributed by atoms with Gasteiger partial charge in [0.15, 0.2) is 0 Å². The summed E-state index contributed by atoms with van der Waals surface area (Å²) in [5.41, 5.74) is 4.13. The monoisotopic (exact) mass is 481 g/mol. The van der Waals surface area contributed by atoms with E-state index in [0.29, 0.717) is 24.4 Å². The van der Waals surface area contributed by atoms with Crippen molar-refractivity contribution in [3.05, 3.63) is 72.1 Å². The maximum atomic E-state index is 13.9. The Bertz CT molecular complexity index is 1330. The van der Waals surface area contributed by atoms with Crippen LogP contribution in [-0.4, -0.2) is 54.4 Å². The van der Waals surface area contributed by atoms with E-state index < -0.39 is 21.4 Å². The molecule has 1 aromatic heterocycles. The summed E-state index contributed by atoms with van der Waals surface area (Å²) < 4.78 is 42.5. The van der Waals surface area contributed by atoms with Gasteiger partial charge in [0.2, 0.25) is 10.0 Å². The number of fused-ring (bicyclic) bond motifs is 2. The van der Waals surface area contributed by atoms with E-state index in [-0.39, 0.29) is 11.9 Å². The standard InChI is InChI=1S/C25H27N3O5S/c1-4-28(18-7-11-20(32-3)12-8-18)34(30,31)22-13-21-23(17-14-26-27(2)15-17)24(25(22)33-21)16-5-9-19(29)10-6-16/h5-12,14-15,21-22,25,29H,4,13H2,1-3H3. The Morgan fingerprint density at radius 1 is 1.12 bits per heavy atom. The van der Waals surface area contributed by atoms with Gasteiger partial charge < -0.3 is 14.6 Å². The van der Waals surface area contributed by atoms with Crippen LogP contribution in [0.2, 0.25) is 0 Å². The number of hydrogen-bond donors (Lipinski definition) is 1. The summed E-state index contributed by atoms with van der Waals surface area (Å²) in [5, 5.41) is 13.4. The molecule has 3 heterocycles. The van der Waals surface area contributed by atoms with Gasteiger partial charge in [0.25, 0.3) is 0 Å². The highest BCUT2D eigenvalue weighted by Crippen LogP contribution is 2.51. The van der Waals surface area contributed by atoms with Crippen LogP contribution in [0.5, 0.6) is 11.5 Å². The van der Waals surface area contributed by atoms with Crippen molar-refractivity contribution in [1.29, 1.82) is 0 Å². The number of hydrogen-bond acceptors (Lipinski definition) is 6. The summed E-state index contributed by atoms with van der Waals surface area (Å²) in [4.78, 5) is 0.